The predicted octanol–water partition coefficient (Wildman–Crippen LogP) is -2.29. The number of H-pyrrole nitrogens is 1. The van der Waals surface area contributed by atoms with Crippen molar-refractivity contribution in [3.8, 4) is 11.6 Å². The number of aromatic amines is 1. The molecule has 0 aliphatic carbocycles. The molecule has 1 fully saturated rings. The molecular formula is C9H13N2O10P. The van der Waals surface area contributed by atoms with Crippen molar-refractivity contribution in [2.45, 2.75) is 24.9 Å². The van der Waals surface area contributed by atoms with Gasteiger partial charge in [-0.1, -0.05) is 0 Å². The summed E-state index contributed by atoms with van der Waals surface area (Å²) < 4.78 is 20.5. The Hall–Kier alpha value is -1.69. The molecule has 0 amide bonds. The molecule has 0 radical (unpaired) electrons. The third-order valence-electron chi connectivity index (χ3n) is 2.99. The summed E-state index contributed by atoms with van der Waals surface area (Å²) in [4.78, 5) is 41.7. The number of hydrogen-bond acceptors (Lipinski definition) is 8. The summed E-state index contributed by atoms with van der Waals surface area (Å²) in [5.74, 6) is -2.16. The molecule has 2 heterocycles. The molecule has 124 valence electrons. The molecule has 2 rings (SSSR count). The average Bonchev–Trinajstić information content (AvgIpc) is 2.74. The first-order chi connectivity index (χ1) is 10.1. The third-order valence-corrected chi connectivity index (χ3v) is 3.48. The number of nitrogens with one attached hydrogen (secondary N) is 1. The van der Waals surface area contributed by atoms with E-state index >= 15 is 0 Å². The minimum atomic E-state index is -4.77. The van der Waals surface area contributed by atoms with Crippen molar-refractivity contribution in [1.82, 2.24) is 9.55 Å². The highest BCUT2D eigenvalue weighted by molar-refractivity contribution is 7.46. The van der Waals surface area contributed by atoms with Crippen LogP contribution in [0.1, 0.15) is 12.6 Å². The summed E-state index contributed by atoms with van der Waals surface area (Å²) in [5, 5.41) is 28.7. The SMILES string of the molecule is O=c1[nH]c(=O)n(C2CC(O)C(COP(=O)(O)O)O2)c(O)c1O. The Morgan fingerprint density at radius 3 is 2.59 bits per heavy atom. The molecule has 3 unspecified atom stereocenters. The van der Waals surface area contributed by atoms with Crippen LogP contribution in [0.3, 0.4) is 0 Å². The zero-order valence-electron chi connectivity index (χ0n) is 10.8. The summed E-state index contributed by atoms with van der Waals surface area (Å²) >= 11 is 0. The predicted molar refractivity (Wildman–Crippen MR) is 67.2 cm³/mol. The maximum atomic E-state index is 11.6. The maximum Gasteiger partial charge on any atom is 0.469 e. The Morgan fingerprint density at radius 1 is 1.36 bits per heavy atom. The highest BCUT2D eigenvalue weighted by Crippen LogP contribution is 2.38. The first kappa shape index (κ1) is 16.7. The Kier molecular flexibility index (Phi) is 4.42. The molecule has 0 aromatic carbocycles. The number of aromatic nitrogens is 2. The van der Waals surface area contributed by atoms with E-state index in [1.165, 1.54) is 0 Å². The van der Waals surface area contributed by atoms with E-state index in [-0.39, 0.29) is 6.42 Å². The molecule has 1 aromatic heterocycles. The number of aromatic hydroxyl groups is 2. The van der Waals surface area contributed by atoms with E-state index in [1.54, 1.807) is 4.98 Å². The van der Waals surface area contributed by atoms with Crippen molar-refractivity contribution in [1.29, 1.82) is 0 Å². The van der Waals surface area contributed by atoms with Gasteiger partial charge in [0, 0.05) is 6.42 Å². The molecule has 12 nitrogen and oxygen atoms in total. The van der Waals surface area contributed by atoms with Crippen LogP contribution in [0.25, 0.3) is 0 Å². The zero-order valence-corrected chi connectivity index (χ0v) is 11.7. The van der Waals surface area contributed by atoms with E-state index in [1.807, 2.05) is 0 Å². The lowest BCUT2D eigenvalue weighted by Crippen LogP contribution is -2.32. The second-order valence-corrected chi connectivity index (χ2v) is 5.76. The lowest BCUT2D eigenvalue weighted by molar-refractivity contribution is -0.0473. The zero-order chi connectivity index (χ0) is 16.7. The molecule has 1 aliphatic heterocycles. The number of phosphoric acid groups is 1. The van der Waals surface area contributed by atoms with Crippen molar-refractivity contribution < 1.29 is 38.9 Å². The molecular weight excluding hydrogens is 327 g/mol. The van der Waals surface area contributed by atoms with E-state index in [0.29, 0.717) is 4.57 Å². The highest BCUT2D eigenvalue weighted by atomic mass is 31.2. The van der Waals surface area contributed by atoms with Crippen LogP contribution in [0, 0.1) is 0 Å². The fraction of sp³-hybridized carbons (Fsp3) is 0.556. The van der Waals surface area contributed by atoms with Crippen LogP contribution in [0.2, 0.25) is 0 Å². The van der Waals surface area contributed by atoms with Gasteiger partial charge in [-0.2, -0.15) is 0 Å². The largest absolute Gasteiger partial charge is 0.499 e. The van der Waals surface area contributed by atoms with Gasteiger partial charge in [0.15, 0.2) is 0 Å². The molecule has 22 heavy (non-hydrogen) atoms. The summed E-state index contributed by atoms with van der Waals surface area (Å²) in [5.41, 5.74) is -2.28. The Morgan fingerprint density at radius 2 is 2.00 bits per heavy atom. The van der Waals surface area contributed by atoms with E-state index in [9.17, 15) is 29.5 Å². The van der Waals surface area contributed by atoms with Gasteiger partial charge in [0.05, 0.1) is 12.7 Å². The number of aliphatic hydroxyl groups excluding tert-OH is 1. The number of hydrogen-bond donors (Lipinski definition) is 6. The summed E-state index contributed by atoms with van der Waals surface area (Å²) in [6.07, 6.45) is -3.95. The van der Waals surface area contributed by atoms with Crippen LogP contribution >= 0.6 is 7.82 Å². The minimum absolute atomic E-state index is 0.242. The second kappa shape index (κ2) is 5.83. The molecule has 0 saturated carbocycles. The molecule has 1 aliphatic rings. The lowest BCUT2D eigenvalue weighted by Gasteiger charge is -2.17. The van der Waals surface area contributed by atoms with Gasteiger partial charge in [-0.05, 0) is 0 Å². The topological polar surface area (TPSA) is 192 Å². The number of phosphoric ester groups is 1. The lowest BCUT2D eigenvalue weighted by atomic mass is 10.2. The summed E-state index contributed by atoms with van der Waals surface area (Å²) in [7, 11) is -4.77. The van der Waals surface area contributed by atoms with Crippen LogP contribution in [0.4, 0.5) is 0 Å². The van der Waals surface area contributed by atoms with Crippen molar-refractivity contribution in [2.75, 3.05) is 6.61 Å². The Bertz CT molecular complexity index is 720. The molecule has 3 atom stereocenters. The van der Waals surface area contributed by atoms with Crippen LogP contribution < -0.4 is 11.2 Å². The summed E-state index contributed by atoms with van der Waals surface area (Å²) in [6.45, 7) is -0.660. The van der Waals surface area contributed by atoms with E-state index in [2.05, 4.69) is 4.52 Å². The second-order valence-electron chi connectivity index (χ2n) is 4.52. The first-order valence-electron chi connectivity index (χ1n) is 5.90. The fourth-order valence-corrected chi connectivity index (χ4v) is 2.33. The van der Waals surface area contributed by atoms with Crippen molar-refractivity contribution in [3.63, 3.8) is 0 Å². The van der Waals surface area contributed by atoms with Gasteiger partial charge in [0.25, 0.3) is 5.56 Å². The van der Waals surface area contributed by atoms with E-state index in [0.717, 1.165) is 0 Å². The number of aliphatic hydroxyl groups is 1. The van der Waals surface area contributed by atoms with Gasteiger partial charge in [-0.3, -0.25) is 14.3 Å². The van der Waals surface area contributed by atoms with Gasteiger partial charge >= 0.3 is 13.5 Å². The normalized spacial score (nSPS) is 25.5. The quantitative estimate of drug-likeness (QED) is 0.325. The van der Waals surface area contributed by atoms with Gasteiger partial charge in [0.1, 0.15) is 12.3 Å². The van der Waals surface area contributed by atoms with E-state index < -0.39 is 55.7 Å². The first-order valence-corrected chi connectivity index (χ1v) is 7.43. The third kappa shape index (κ3) is 3.38. The number of nitrogens with zero attached hydrogens (tertiary/aromatic N) is 1. The van der Waals surface area contributed by atoms with Crippen molar-refractivity contribution in [3.05, 3.63) is 20.8 Å². The monoisotopic (exact) mass is 340 g/mol. The van der Waals surface area contributed by atoms with Gasteiger partial charge < -0.3 is 29.8 Å². The molecule has 6 N–H and O–H groups in total. The smallest absolute Gasteiger partial charge is 0.469 e. The molecule has 1 saturated heterocycles. The molecule has 0 bridgehead atoms. The maximum absolute atomic E-state index is 11.6. The van der Waals surface area contributed by atoms with Crippen LogP contribution in [-0.2, 0) is 13.8 Å². The molecule has 0 spiro atoms. The highest BCUT2D eigenvalue weighted by Gasteiger charge is 2.38. The van der Waals surface area contributed by atoms with Crippen LogP contribution in [0.15, 0.2) is 9.59 Å². The van der Waals surface area contributed by atoms with E-state index in [4.69, 9.17) is 14.5 Å². The van der Waals surface area contributed by atoms with Gasteiger partial charge in [-0.15, -0.1) is 0 Å². The van der Waals surface area contributed by atoms with Crippen LogP contribution in [0.5, 0.6) is 11.6 Å². The standard InChI is InChI=1S/C9H13N2O10P/c12-3-1-5(21-4(3)2-20-22(17,18)19)11-8(15)6(13)7(14)10-9(11)16/h3-5,12-13,15H,1-2H2,(H,10,14,16)(H2,17,18,19). The average molecular weight is 340 g/mol. The number of ether oxygens (including phenoxy) is 1. The minimum Gasteiger partial charge on any atom is -0.499 e. The van der Waals surface area contributed by atoms with Crippen LogP contribution in [-0.4, -0.2) is 53.5 Å². The van der Waals surface area contributed by atoms with Crippen molar-refractivity contribution in [2.24, 2.45) is 0 Å². The number of rotatable bonds is 4. The van der Waals surface area contributed by atoms with Gasteiger partial charge in [0.2, 0.25) is 11.6 Å². The molecule has 13 heteroatoms. The molecule has 1 aromatic rings. The van der Waals surface area contributed by atoms with Crippen molar-refractivity contribution >= 4 is 7.82 Å². The van der Waals surface area contributed by atoms with Gasteiger partial charge in [-0.25, -0.2) is 13.9 Å². The Labute approximate surface area is 121 Å². The Balaban J connectivity index is 2.23. The fourth-order valence-electron chi connectivity index (χ4n) is 1.99. The summed E-state index contributed by atoms with van der Waals surface area (Å²) in [6, 6.07) is 0.